The third kappa shape index (κ3) is 8.68. The highest BCUT2D eigenvalue weighted by Gasteiger charge is 2.33. The van der Waals surface area contributed by atoms with Crippen LogP contribution in [0.2, 0.25) is 0 Å². The summed E-state index contributed by atoms with van der Waals surface area (Å²) >= 11 is 0. The predicted octanol–water partition coefficient (Wildman–Crippen LogP) is 5.05. The average Bonchev–Trinajstić information content (AvgIpc) is 2.93. The lowest BCUT2D eigenvalue weighted by molar-refractivity contribution is -0.140. The molecule has 0 saturated carbocycles. The van der Waals surface area contributed by atoms with Crippen LogP contribution in [0.4, 0.5) is 5.69 Å². The molecule has 0 radical (unpaired) electrons. The number of anilines is 1. The summed E-state index contributed by atoms with van der Waals surface area (Å²) in [7, 11) is -3.79. The summed E-state index contributed by atoms with van der Waals surface area (Å²) in [6, 6.07) is 23.7. The molecule has 0 aromatic heterocycles. The second-order valence-electron chi connectivity index (χ2n) is 10.5. The van der Waals surface area contributed by atoms with Crippen molar-refractivity contribution in [3.63, 3.8) is 0 Å². The van der Waals surface area contributed by atoms with E-state index in [0.29, 0.717) is 18.7 Å². The number of amides is 2. The van der Waals surface area contributed by atoms with Gasteiger partial charge in [-0.25, -0.2) is 8.42 Å². The molecule has 7 nitrogen and oxygen atoms in total. The quantitative estimate of drug-likeness (QED) is 0.315. The topological polar surface area (TPSA) is 86.8 Å². The lowest BCUT2D eigenvalue weighted by atomic mass is 10.0. The molecule has 0 aliphatic rings. The molecule has 0 heterocycles. The molecular weight excluding hydrogens is 522 g/mol. The molecule has 0 bridgehead atoms. The van der Waals surface area contributed by atoms with Crippen LogP contribution in [0.3, 0.4) is 0 Å². The summed E-state index contributed by atoms with van der Waals surface area (Å²) < 4.78 is 26.9. The fraction of sp³-hybridized carbons (Fsp3) is 0.375. The van der Waals surface area contributed by atoms with Crippen molar-refractivity contribution in [2.45, 2.75) is 59.0 Å². The second kappa shape index (κ2) is 14.1. The van der Waals surface area contributed by atoms with Crippen molar-refractivity contribution in [3.05, 3.63) is 101 Å². The van der Waals surface area contributed by atoms with Gasteiger partial charge in [0.15, 0.2) is 0 Å². The van der Waals surface area contributed by atoms with E-state index in [1.165, 1.54) is 4.90 Å². The molecule has 214 valence electrons. The lowest BCUT2D eigenvalue weighted by Crippen LogP contribution is -2.53. The largest absolute Gasteiger partial charge is 0.354 e. The Kier molecular flexibility index (Phi) is 10.9. The smallest absolute Gasteiger partial charge is 0.244 e. The predicted molar refractivity (Wildman–Crippen MR) is 162 cm³/mol. The first-order valence-electron chi connectivity index (χ1n) is 13.7. The summed E-state index contributed by atoms with van der Waals surface area (Å²) in [5, 5.41) is 2.95. The normalized spacial score (nSPS) is 12.2. The van der Waals surface area contributed by atoms with E-state index in [9.17, 15) is 18.0 Å². The molecule has 0 aliphatic carbocycles. The van der Waals surface area contributed by atoms with Crippen LogP contribution in [-0.4, -0.2) is 50.5 Å². The van der Waals surface area contributed by atoms with Crippen molar-refractivity contribution in [2.75, 3.05) is 23.7 Å². The first kappa shape index (κ1) is 30.9. The Morgan fingerprint density at radius 2 is 1.50 bits per heavy atom. The lowest BCUT2D eigenvalue weighted by Gasteiger charge is -2.33. The number of carbonyl (C=O) groups is 2. The minimum Gasteiger partial charge on any atom is -0.354 e. The van der Waals surface area contributed by atoms with E-state index in [4.69, 9.17) is 0 Å². The Morgan fingerprint density at radius 3 is 2.05 bits per heavy atom. The number of hydrogen-bond acceptors (Lipinski definition) is 4. The second-order valence-corrected chi connectivity index (χ2v) is 12.4. The fourth-order valence-corrected chi connectivity index (χ4v) is 5.30. The molecule has 1 N–H and O–H groups in total. The molecule has 1 atom stereocenters. The number of sulfonamides is 1. The SMILES string of the molecule is CCCNC(=O)[C@@H](Cc1ccccc1)N(Cc1ccc(C)cc1)C(=O)CN(c1ccc(C(C)C)cc1)S(C)(=O)=O. The van der Waals surface area contributed by atoms with Gasteiger partial charge in [0.25, 0.3) is 0 Å². The van der Waals surface area contributed by atoms with Crippen LogP contribution in [0.15, 0.2) is 78.9 Å². The van der Waals surface area contributed by atoms with Crippen LogP contribution in [0.5, 0.6) is 0 Å². The van der Waals surface area contributed by atoms with Crippen molar-refractivity contribution in [1.82, 2.24) is 10.2 Å². The Labute approximate surface area is 239 Å². The van der Waals surface area contributed by atoms with Gasteiger partial charge in [-0.05, 0) is 48.1 Å². The number of nitrogens with zero attached hydrogens (tertiary/aromatic N) is 2. The van der Waals surface area contributed by atoms with Crippen molar-refractivity contribution in [2.24, 2.45) is 0 Å². The maximum absolute atomic E-state index is 14.1. The van der Waals surface area contributed by atoms with Gasteiger partial charge in [-0.2, -0.15) is 0 Å². The van der Waals surface area contributed by atoms with Crippen LogP contribution in [-0.2, 0) is 32.6 Å². The third-order valence-corrected chi connectivity index (χ3v) is 7.96. The number of carbonyl (C=O) groups excluding carboxylic acids is 2. The Balaban J connectivity index is 2.02. The van der Waals surface area contributed by atoms with Crippen LogP contribution < -0.4 is 9.62 Å². The molecule has 2 amide bonds. The molecule has 3 aromatic carbocycles. The molecule has 0 fully saturated rings. The van der Waals surface area contributed by atoms with E-state index in [2.05, 4.69) is 19.2 Å². The molecule has 0 unspecified atom stereocenters. The number of aryl methyl sites for hydroxylation is 1. The monoisotopic (exact) mass is 563 g/mol. The van der Waals surface area contributed by atoms with Crippen LogP contribution in [0, 0.1) is 6.92 Å². The highest BCUT2D eigenvalue weighted by molar-refractivity contribution is 7.92. The molecule has 8 heteroatoms. The highest BCUT2D eigenvalue weighted by Crippen LogP contribution is 2.23. The summed E-state index contributed by atoms with van der Waals surface area (Å²) in [4.78, 5) is 29.1. The van der Waals surface area contributed by atoms with E-state index >= 15 is 0 Å². The summed E-state index contributed by atoms with van der Waals surface area (Å²) in [5.74, 6) is -0.433. The highest BCUT2D eigenvalue weighted by atomic mass is 32.2. The molecule has 0 spiro atoms. The number of nitrogens with one attached hydrogen (secondary N) is 1. The van der Waals surface area contributed by atoms with Crippen LogP contribution >= 0.6 is 0 Å². The van der Waals surface area contributed by atoms with E-state index in [1.54, 1.807) is 12.1 Å². The maximum Gasteiger partial charge on any atom is 0.244 e. The van der Waals surface area contributed by atoms with Crippen LogP contribution in [0.1, 0.15) is 55.4 Å². The first-order chi connectivity index (χ1) is 19.0. The number of rotatable bonds is 13. The zero-order valence-electron chi connectivity index (χ0n) is 24.1. The molecule has 40 heavy (non-hydrogen) atoms. The van der Waals surface area contributed by atoms with Crippen molar-refractivity contribution < 1.29 is 18.0 Å². The van der Waals surface area contributed by atoms with Crippen molar-refractivity contribution >= 4 is 27.5 Å². The van der Waals surface area contributed by atoms with Gasteiger partial charge in [0.05, 0.1) is 11.9 Å². The van der Waals surface area contributed by atoms with E-state index in [0.717, 1.165) is 39.2 Å². The van der Waals surface area contributed by atoms with Crippen molar-refractivity contribution in [1.29, 1.82) is 0 Å². The zero-order valence-corrected chi connectivity index (χ0v) is 24.9. The van der Waals surface area contributed by atoms with Gasteiger partial charge in [-0.3, -0.25) is 13.9 Å². The van der Waals surface area contributed by atoms with E-state index in [1.807, 2.05) is 80.6 Å². The molecule has 3 rings (SSSR count). The minimum absolute atomic E-state index is 0.167. The van der Waals surface area contributed by atoms with Crippen molar-refractivity contribution in [3.8, 4) is 0 Å². The van der Waals surface area contributed by atoms with Gasteiger partial charge in [0, 0.05) is 19.5 Å². The fourth-order valence-electron chi connectivity index (χ4n) is 4.45. The van der Waals surface area contributed by atoms with Gasteiger partial charge in [0.1, 0.15) is 12.6 Å². The Bertz CT molecular complexity index is 1360. The zero-order chi connectivity index (χ0) is 29.3. The van der Waals surface area contributed by atoms with Crippen LogP contribution in [0.25, 0.3) is 0 Å². The molecule has 0 aliphatic heterocycles. The summed E-state index contributed by atoms with van der Waals surface area (Å²) in [5.41, 5.74) is 4.32. The Morgan fingerprint density at radius 1 is 0.875 bits per heavy atom. The summed E-state index contributed by atoms with van der Waals surface area (Å²) in [6.07, 6.45) is 2.15. The minimum atomic E-state index is -3.79. The third-order valence-electron chi connectivity index (χ3n) is 6.82. The first-order valence-corrected chi connectivity index (χ1v) is 15.6. The van der Waals surface area contributed by atoms with Gasteiger partial charge < -0.3 is 10.2 Å². The molecular formula is C32H41N3O4S. The molecule has 0 saturated heterocycles. The standard InChI is InChI=1S/C32H41N3O4S/c1-6-20-33-32(37)30(21-26-10-8-7-9-11-26)34(22-27-14-12-25(4)13-15-27)31(36)23-35(40(5,38)39)29-18-16-28(17-19-29)24(2)3/h7-19,24,30H,6,20-23H2,1-5H3,(H,33,37)/t30-/m1/s1. The average molecular weight is 564 g/mol. The Hall–Kier alpha value is -3.65. The van der Waals surface area contributed by atoms with E-state index < -0.39 is 28.5 Å². The number of hydrogen-bond donors (Lipinski definition) is 1. The number of benzene rings is 3. The van der Waals surface area contributed by atoms with Gasteiger partial charge in [-0.1, -0.05) is 93.1 Å². The van der Waals surface area contributed by atoms with E-state index in [-0.39, 0.29) is 18.4 Å². The van der Waals surface area contributed by atoms with Gasteiger partial charge >= 0.3 is 0 Å². The maximum atomic E-state index is 14.1. The summed E-state index contributed by atoms with van der Waals surface area (Å²) in [6.45, 7) is 8.30. The molecule has 3 aromatic rings. The van der Waals surface area contributed by atoms with Gasteiger partial charge in [-0.15, -0.1) is 0 Å². The van der Waals surface area contributed by atoms with Gasteiger partial charge in [0.2, 0.25) is 21.8 Å².